The van der Waals surface area contributed by atoms with Gasteiger partial charge < -0.3 is 4.74 Å². The van der Waals surface area contributed by atoms with Gasteiger partial charge in [0, 0.05) is 28.3 Å². The van der Waals surface area contributed by atoms with E-state index in [-0.39, 0.29) is 17.3 Å². The van der Waals surface area contributed by atoms with Gasteiger partial charge in [-0.05, 0) is 55.6 Å². The van der Waals surface area contributed by atoms with Crippen molar-refractivity contribution in [3.63, 3.8) is 0 Å². The minimum atomic E-state index is -1.40. The van der Waals surface area contributed by atoms with Crippen LogP contribution in [0.5, 0.6) is 0 Å². The van der Waals surface area contributed by atoms with Crippen LogP contribution in [0.1, 0.15) is 44.0 Å². The number of ether oxygens (including phenoxy) is 1. The number of Topliss-reactive ketones (excluding diaryl/α,β-unsaturated/α-hetero) is 2. The molecule has 0 aliphatic heterocycles. The van der Waals surface area contributed by atoms with Crippen LogP contribution < -0.4 is 0 Å². The van der Waals surface area contributed by atoms with Crippen molar-refractivity contribution in [3.05, 3.63) is 28.5 Å². The summed E-state index contributed by atoms with van der Waals surface area (Å²) in [6.07, 6.45) is 4.36. The number of nitrogens with zero attached hydrogens (tertiary/aromatic N) is 1. The lowest BCUT2D eigenvalue weighted by Crippen LogP contribution is -2.38. The Labute approximate surface area is 137 Å². The van der Waals surface area contributed by atoms with Crippen molar-refractivity contribution in [2.24, 2.45) is 11.8 Å². The highest BCUT2D eigenvalue weighted by Crippen LogP contribution is 2.34. The van der Waals surface area contributed by atoms with E-state index >= 15 is 0 Å². The number of pyridine rings is 1. The SMILES string of the molecule is CC(C)(C)OC(=O)C(C(=O)c1ccncc1Br)C(=O)C1CC1. The topological polar surface area (TPSA) is 73.3 Å². The van der Waals surface area contributed by atoms with Gasteiger partial charge in [-0.25, -0.2) is 0 Å². The first-order valence-electron chi connectivity index (χ1n) is 7.11. The Kier molecular flexibility index (Phi) is 4.80. The molecule has 118 valence electrons. The van der Waals surface area contributed by atoms with Crippen LogP contribution in [0.3, 0.4) is 0 Å². The molecule has 0 N–H and O–H groups in total. The number of hydrogen-bond donors (Lipinski definition) is 0. The molecule has 6 heteroatoms. The average Bonchev–Trinajstić information content (AvgIpc) is 3.21. The predicted octanol–water partition coefficient (Wildman–Crippen LogP) is 2.96. The van der Waals surface area contributed by atoms with E-state index in [1.54, 1.807) is 20.8 Å². The zero-order valence-electron chi connectivity index (χ0n) is 12.8. The van der Waals surface area contributed by atoms with Gasteiger partial charge in [-0.1, -0.05) is 0 Å². The molecule has 1 saturated carbocycles. The third kappa shape index (κ3) is 4.00. The van der Waals surface area contributed by atoms with E-state index in [4.69, 9.17) is 4.74 Å². The van der Waals surface area contributed by atoms with Gasteiger partial charge in [-0.15, -0.1) is 0 Å². The summed E-state index contributed by atoms with van der Waals surface area (Å²) in [5.41, 5.74) is -0.491. The van der Waals surface area contributed by atoms with Crippen LogP contribution in [-0.4, -0.2) is 28.1 Å². The van der Waals surface area contributed by atoms with Crippen molar-refractivity contribution in [1.29, 1.82) is 0 Å². The summed E-state index contributed by atoms with van der Waals surface area (Å²) in [6.45, 7) is 5.11. The summed E-state index contributed by atoms with van der Waals surface area (Å²) in [5, 5.41) is 0. The number of esters is 1. The zero-order valence-corrected chi connectivity index (χ0v) is 14.3. The molecule has 0 aromatic carbocycles. The second kappa shape index (κ2) is 6.28. The highest BCUT2D eigenvalue weighted by atomic mass is 79.9. The smallest absolute Gasteiger partial charge is 0.325 e. The van der Waals surface area contributed by atoms with Crippen molar-refractivity contribution in [2.45, 2.75) is 39.2 Å². The van der Waals surface area contributed by atoms with E-state index in [0.717, 1.165) is 12.8 Å². The molecular weight excluding hydrogens is 350 g/mol. The van der Waals surface area contributed by atoms with Gasteiger partial charge in [0.15, 0.2) is 17.5 Å². The van der Waals surface area contributed by atoms with Gasteiger partial charge in [0.25, 0.3) is 0 Å². The van der Waals surface area contributed by atoms with Crippen LogP contribution in [0.2, 0.25) is 0 Å². The summed E-state index contributed by atoms with van der Waals surface area (Å²) in [5.74, 6) is -3.27. The van der Waals surface area contributed by atoms with E-state index in [1.165, 1.54) is 18.5 Å². The fraction of sp³-hybridized carbons (Fsp3) is 0.500. The van der Waals surface area contributed by atoms with Crippen molar-refractivity contribution >= 4 is 33.5 Å². The lowest BCUT2D eigenvalue weighted by atomic mass is 9.91. The molecule has 0 amide bonds. The molecule has 0 spiro atoms. The Morgan fingerprint density at radius 1 is 1.32 bits per heavy atom. The monoisotopic (exact) mass is 367 g/mol. The van der Waals surface area contributed by atoms with Crippen molar-refractivity contribution in [3.8, 4) is 0 Å². The number of hydrogen-bond acceptors (Lipinski definition) is 5. The van der Waals surface area contributed by atoms with E-state index in [9.17, 15) is 14.4 Å². The van der Waals surface area contributed by atoms with Crippen molar-refractivity contribution in [1.82, 2.24) is 4.98 Å². The van der Waals surface area contributed by atoms with Crippen molar-refractivity contribution in [2.75, 3.05) is 0 Å². The molecule has 0 radical (unpaired) electrons. The van der Waals surface area contributed by atoms with Gasteiger partial charge in [0.05, 0.1) is 0 Å². The van der Waals surface area contributed by atoms with Gasteiger partial charge in [0.2, 0.25) is 0 Å². The zero-order chi connectivity index (χ0) is 16.5. The van der Waals surface area contributed by atoms with E-state index in [0.29, 0.717) is 4.47 Å². The second-order valence-corrected chi connectivity index (χ2v) is 7.22. The van der Waals surface area contributed by atoms with Crippen LogP contribution in [-0.2, 0) is 14.3 Å². The number of rotatable bonds is 5. The molecule has 1 fully saturated rings. The van der Waals surface area contributed by atoms with Crippen molar-refractivity contribution < 1.29 is 19.1 Å². The summed E-state index contributed by atoms with van der Waals surface area (Å²) in [7, 11) is 0. The summed E-state index contributed by atoms with van der Waals surface area (Å²) >= 11 is 3.23. The first-order valence-corrected chi connectivity index (χ1v) is 7.90. The Bertz CT molecular complexity index is 617. The molecule has 2 rings (SSSR count). The molecule has 1 atom stereocenters. The molecule has 22 heavy (non-hydrogen) atoms. The maximum atomic E-state index is 12.7. The van der Waals surface area contributed by atoms with Crippen LogP contribution in [0, 0.1) is 11.8 Å². The highest BCUT2D eigenvalue weighted by Gasteiger charge is 2.44. The third-order valence-corrected chi connectivity index (χ3v) is 3.84. The number of carbonyl (C=O) groups is 3. The molecule has 0 saturated heterocycles. The predicted molar refractivity (Wildman–Crippen MR) is 83.3 cm³/mol. The van der Waals surface area contributed by atoms with Gasteiger partial charge >= 0.3 is 5.97 Å². The second-order valence-electron chi connectivity index (χ2n) is 6.36. The normalized spacial score (nSPS) is 16.0. The Balaban J connectivity index is 2.32. The Morgan fingerprint density at radius 2 is 1.95 bits per heavy atom. The number of carbonyl (C=O) groups excluding carboxylic acids is 3. The standard InChI is InChI=1S/C16H18BrNO4/c1-16(2,3)22-15(21)12(13(19)9-4-5-9)14(20)10-6-7-18-8-11(10)17/h6-9,12H,4-5H2,1-3H3. The Morgan fingerprint density at radius 3 is 2.45 bits per heavy atom. The molecule has 1 aliphatic carbocycles. The van der Waals surface area contributed by atoms with E-state index in [1.807, 2.05) is 0 Å². The van der Waals surface area contributed by atoms with Crippen LogP contribution >= 0.6 is 15.9 Å². The van der Waals surface area contributed by atoms with E-state index in [2.05, 4.69) is 20.9 Å². The maximum Gasteiger partial charge on any atom is 0.325 e. The molecule has 1 aliphatic rings. The quantitative estimate of drug-likeness (QED) is 0.454. The highest BCUT2D eigenvalue weighted by molar-refractivity contribution is 9.10. The van der Waals surface area contributed by atoms with Gasteiger partial charge in [-0.3, -0.25) is 19.4 Å². The summed E-state index contributed by atoms with van der Waals surface area (Å²) in [6, 6.07) is 1.49. The number of ketones is 2. The minimum absolute atomic E-state index is 0.206. The molecule has 1 unspecified atom stereocenters. The first kappa shape index (κ1) is 16.8. The van der Waals surface area contributed by atoms with E-state index < -0.39 is 23.3 Å². The Hall–Kier alpha value is -1.56. The van der Waals surface area contributed by atoms with Gasteiger partial charge in [0.1, 0.15) is 5.60 Å². The fourth-order valence-electron chi connectivity index (χ4n) is 2.05. The van der Waals surface area contributed by atoms with Gasteiger partial charge in [-0.2, -0.15) is 0 Å². The third-order valence-electron chi connectivity index (χ3n) is 3.21. The maximum absolute atomic E-state index is 12.7. The fourth-order valence-corrected chi connectivity index (χ4v) is 2.49. The largest absolute Gasteiger partial charge is 0.459 e. The van der Waals surface area contributed by atoms with Crippen LogP contribution in [0.15, 0.2) is 22.9 Å². The molecule has 1 aromatic rings. The first-order chi connectivity index (χ1) is 10.2. The molecular formula is C16H18BrNO4. The minimum Gasteiger partial charge on any atom is -0.459 e. The van der Waals surface area contributed by atoms with Crippen LogP contribution in [0.4, 0.5) is 0 Å². The van der Waals surface area contributed by atoms with Crippen LogP contribution in [0.25, 0.3) is 0 Å². The summed E-state index contributed by atoms with van der Waals surface area (Å²) in [4.78, 5) is 41.3. The molecule has 1 heterocycles. The number of aromatic nitrogens is 1. The number of halogens is 1. The molecule has 5 nitrogen and oxygen atoms in total. The molecule has 1 aromatic heterocycles. The molecule has 0 bridgehead atoms. The lowest BCUT2D eigenvalue weighted by Gasteiger charge is -2.23. The summed E-state index contributed by atoms with van der Waals surface area (Å²) < 4.78 is 5.73. The lowest BCUT2D eigenvalue weighted by molar-refractivity contribution is -0.160. The average molecular weight is 368 g/mol.